The van der Waals surface area contributed by atoms with Crippen LogP contribution >= 0.6 is 0 Å². The van der Waals surface area contributed by atoms with Crippen LogP contribution < -0.4 is 14.4 Å². The van der Waals surface area contributed by atoms with Crippen LogP contribution in [0.5, 0.6) is 11.5 Å². The molecule has 37 heavy (non-hydrogen) atoms. The highest BCUT2D eigenvalue weighted by atomic mass is 19.1. The van der Waals surface area contributed by atoms with Crippen LogP contribution in [-0.4, -0.2) is 36.8 Å². The van der Waals surface area contributed by atoms with Crippen LogP contribution in [0.2, 0.25) is 0 Å². The third-order valence-corrected chi connectivity index (χ3v) is 6.48. The molecule has 4 rings (SSSR count). The quantitative estimate of drug-likeness (QED) is 0.228. The maximum absolute atomic E-state index is 13.3. The molecule has 1 aliphatic carbocycles. The number of hydrogen-bond acceptors (Lipinski definition) is 6. The first kappa shape index (κ1) is 26.4. The van der Waals surface area contributed by atoms with Gasteiger partial charge in [0.05, 0.1) is 20.0 Å². The summed E-state index contributed by atoms with van der Waals surface area (Å²) in [5.74, 6) is 2.65. The zero-order valence-corrected chi connectivity index (χ0v) is 21.5. The second-order valence-electron chi connectivity index (χ2n) is 9.31. The number of aromatic nitrogens is 2. The van der Waals surface area contributed by atoms with Crippen molar-refractivity contribution in [1.82, 2.24) is 10.1 Å². The third-order valence-electron chi connectivity index (χ3n) is 6.48. The van der Waals surface area contributed by atoms with Gasteiger partial charge in [0.15, 0.2) is 17.3 Å². The summed E-state index contributed by atoms with van der Waals surface area (Å²) in [6.45, 7) is 3.83. The van der Waals surface area contributed by atoms with Gasteiger partial charge in [-0.05, 0) is 61.1 Å². The highest BCUT2D eigenvalue weighted by Gasteiger charge is 2.28. The summed E-state index contributed by atoms with van der Waals surface area (Å²) in [6, 6.07) is 13.5. The molecule has 1 heterocycles. The molecule has 0 aliphatic heterocycles. The van der Waals surface area contributed by atoms with Crippen molar-refractivity contribution in [3.8, 4) is 22.6 Å². The van der Waals surface area contributed by atoms with Crippen LogP contribution in [0.3, 0.4) is 0 Å². The molecule has 0 unspecified atom stereocenters. The smallest absolute Gasteiger partial charge is 0.227 e. The average Bonchev–Trinajstić information content (AvgIpc) is 3.66. The number of amides is 1. The molecule has 1 amide bonds. The van der Waals surface area contributed by atoms with Gasteiger partial charge >= 0.3 is 0 Å². The molecule has 8 heteroatoms. The van der Waals surface area contributed by atoms with E-state index in [-0.39, 0.29) is 18.7 Å². The lowest BCUT2D eigenvalue weighted by molar-refractivity contribution is -0.118. The van der Waals surface area contributed by atoms with E-state index < -0.39 is 5.83 Å². The van der Waals surface area contributed by atoms with Crippen LogP contribution in [0.4, 0.5) is 10.1 Å². The number of carbonyl (C=O) groups excluding carboxylic acids is 1. The van der Waals surface area contributed by atoms with Crippen LogP contribution in [0.15, 0.2) is 59.4 Å². The number of nitrogens with zero attached hydrogens (tertiary/aromatic N) is 3. The molecular formula is C29H34FN3O4. The summed E-state index contributed by atoms with van der Waals surface area (Å²) in [5.41, 5.74) is 2.65. The first-order valence-corrected chi connectivity index (χ1v) is 12.8. The molecule has 1 fully saturated rings. The number of hydrogen-bond donors (Lipinski definition) is 0. The number of aryl methyl sites for hydroxylation is 1. The highest BCUT2D eigenvalue weighted by molar-refractivity contribution is 5.94. The summed E-state index contributed by atoms with van der Waals surface area (Å²) in [6.07, 6.45) is 5.69. The topological polar surface area (TPSA) is 77.7 Å². The number of anilines is 1. The zero-order chi connectivity index (χ0) is 26.2. The minimum atomic E-state index is -0.488. The highest BCUT2D eigenvalue weighted by Crippen LogP contribution is 2.38. The second kappa shape index (κ2) is 12.5. The Morgan fingerprint density at radius 3 is 2.57 bits per heavy atom. The van der Waals surface area contributed by atoms with E-state index in [2.05, 4.69) is 16.7 Å². The van der Waals surface area contributed by atoms with Gasteiger partial charge < -0.3 is 18.9 Å². The molecule has 196 valence electrons. The van der Waals surface area contributed by atoms with E-state index in [0.717, 1.165) is 61.2 Å². The number of benzene rings is 2. The van der Waals surface area contributed by atoms with Gasteiger partial charge in [-0.15, -0.1) is 0 Å². The molecule has 2 aromatic carbocycles. The zero-order valence-electron chi connectivity index (χ0n) is 21.5. The largest absolute Gasteiger partial charge is 0.493 e. The van der Waals surface area contributed by atoms with Gasteiger partial charge in [-0.2, -0.15) is 4.98 Å². The van der Waals surface area contributed by atoms with Crippen LogP contribution in [0.1, 0.15) is 62.6 Å². The van der Waals surface area contributed by atoms with Crippen molar-refractivity contribution in [2.24, 2.45) is 0 Å². The second-order valence-corrected chi connectivity index (χ2v) is 9.31. The van der Waals surface area contributed by atoms with E-state index in [1.165, 1.54) is 0 Å². The SMILES string of the molecule is C=C(F)CCC(=O)N(CCCCCc1nc(C2CC2)no1)c1cccc(-c2ccc(OC)c(OC)c2)c1. The summed E-state index contributed by atoms with van der Waals surface area (Å²) in [5, 5.41) is 4.06. The summed E-state index contributed by atoms with van der Waals surface area (Å²) in [7, 11) is 3.20. The van der Waals surface area contributed by atoms with Crippen molar-refractivity contribution in [1.29, 1.82) is 0 Å². The molecule has 1 aliphatic rings. The Kier molecular flexibility index (Phi) is 8.93. The van der Waals surface area contributed by atoms with Gasteiger partial charge in [0.2, 0.25) is 11.8 Å². The molecule has 3 aromatic rings. The molecule has 0 bridgehead atoms. The molecule has 1 saturated carbocycles. The van der Waals surface area contributed by atoms with Crippen molar-refractivity contribution in [3.05, 3.63) is 66.6 Å². The van der Waals surface area contributed by atoms with Crippen LogP contribution in [-0.2, 0) is 11.2 Å². The first-order chi connectivity index (χ1) is 18.0. The minimum absolute atomic E-state index is 0.0190. The lowest BCUT2D eigenvalue weighted by Crippen LogP contribution is -2.31. The maximum Gasteiger partial charge on any atom is 0.227 e. The number of unbranched alkanes of at least 4 members (excludes halogenated alkanes) is 2. The molecule has 0 saturated heterocycles. The number of methoxy groups -OCH3 is 2. The van der Waals surface area contributed by atoms with E-state index in [4.69, 9.17) is 14.0 Å². The fourth-order valence-electron chi connectivity index (χ4n) is 4.24. The van der Waals surface area contributed by atoms with Gasteiger partial charge in [0.1, 0.15) is 0 Å². The van der Waals surface area contributed by atoms with Gasteiger partial charge in [0, 0.05) is 37.4 Å². The van der Waals surface area contributed by atoms with Gasteiger partial charge in [-0.25, -0.2) is 4.39 Å². The van der Waals surface area contributed by atoms with Crippen molar-refractivity contribution >= 4 is 11.6 Å². The predicted molar refractivity (Wildman–Crippen MR) is 141 cm³/mol. The standard InChI is InChI=1S/C29H34FN3O4/c1-20(30)11-16-28(34)33(17-6-4-5-10-27-31-29(32-37-27)21-12-13-21)24-9-7-8-22(18-24)23-14-15-25(35-2)26(19-23)36-3/h7-9,14-15,18-19,21H,1,4-6,10-13,16-17H2,2-3H3. The Hall–Kier alpha value is -3.68. The Bertz CT molecular complexity index is 1220. The lowest BCUT2D eigenvalue weighted by Gasteiger charge is -2.24. The Balaban J connectivity index is 1.42. The van der Waals surface area contributed by atoms with Crippen molar-refractivity contribution in [3.63, 3.8) is 0 Å². The number of halogens is 1. The van der Waals surface area contributed by atoms with Crippen LogP contribution in [0.25, 0.3) is 11.1 Å². The number of allylic oxidation sites excluding steroid dienone is 1. The molecule has 0 N–H and O–H groups in total. The third kappa shape index (κ3) is 7.18. The van der Waals surface area contributed by atoms with Crippen LogP contribution in [0, 0.1) is 0 Å². The van der Waals surface area contributed by atoms with E-state index in [9.17, 15) is 9.18 Å². The monoisotopic (exact) mass is 507 g/mol. The normalized spacial score (nSPS) is 12.8. The summed E-state index contributed by atoms with van der Waals surface area (Å²) >= 11 is 0. The van der Waals surface area contributed by atoms with E-state index in [0.29, 0.717) is 29.9 Å². The Morgan fingerprint density at radius 2 is 1.84 bits per heavy atom. The average molecular weight is 508 g/mol. The first-order valence-electron chi connectivity index (χ1n) is 12.8. The molecule has 1 aromatic heterocycles. The molecule has 0 radical (unpaired) electrons. The molecule has 0 spiro atoms. The lowest BCUT2D eigenvalue weighted by atomic mass is 10.0. The minimum Gasteiger partial charge on any atom is -0.493 e. The summed E-state index contributed by atoms with van der Waals surface area (Å²) in [4.78, 5) is 19.3. The fourth-order valence-corrected chi connectivity index (χ4v) is 4.24. The van der Waals surface area contributed by atoms with E-state index in [1.807, 2.05) is 42.5 Å². The molecule has 7 nitrogen and oxygen atoms in total. The Labute approximate surface area is 217 Å². The van der Waals surface area contributed by atoms with Gasteiger partial charge in [-0.1, -0.05) is 36.4 Å². The number of carbonyl (C=O) groups is 1. The fraction of sp³-hybridized carbons (Fsp3) is 0.414. The Morgan fingerprint density at radius 1 is 1.05 bits per heavy atom. The van der Waals surface area contributed by atoms with E-state index in [1.54, 1.807) is 19.1 Å². The van der Waals surface area contributed by atoms with E-state index >= 15 is 0 Å². The maximum atomic E-state index is 13.3. The number of ether oxygens (including phenoxy) is 2. The van der Waals surface area contributed by atoms with Gasteiger partial charge in [0.25, 0.3) is 0 Å². The molecular weight excluding hydrogens is 473 g/mol. The number of rotatable bonds is 14. The van der Waals surface area contributed by atoms with Crippen molar-refractivity contribution in [2.75, 3.05) is 25.7 Å². The predicted octanol–water partition coefficient (Wildman–Crippen LogP) is 6.64. The molecule has 0 atom stereocenters. The van der Waals surface area contributed by atoms with Gasteiger partial charge in [-0.3, -0.25) is 4.79 Å². The summed E-state index contributed by atoms with van der Waals surface area (Å²) < 4.78 is 29.5. The van der Waals surface area contributed by atoms with Crippen molar-refractivity contribution < 1.29 is 23.2 Å². The van der Waals surface area contributed by atoms with Crippen molar-refractivity contribution in [2.45, 2.75) is 57.3 Å².